The van der Waals surface area contributed by atoms with Gasteiger partial charge in [0.05, 0.1) is 19.6 Å². The number of rotatable bonds is 10. The van der Waals surface area contributed by atoms with Crippen molar-refractivity contribution < 1.29 is 14.3 Å². The number of nitrogens with one attached hydrogen (secondary N) is 1. The third kappa shape index (κ3) is 7.74. The van der Waals surface area contributed by atoms with Crippen molar-refractivity contribution >= 4 is 23.6 Å². The summed E-state index contributed by atoms with van der Waals surface area (Å²) in [5.41, 5.74) is 4.84. The second-order valence-corrected chi connectivity index (χ2v) is 7.84. The maximum Gasteiger partial charge on any atom is 0.251 e. The molecule has 0 bridgehead atoms. The summed E-state index contributed by atoms with van der Waals surface area (Å²) in [5, 5.41) is 2.82. The molecule has 170 valence electrons. The number of nitrogens with zero attached hydrogens (tertiary/aromatic N) is 1. The third-order valence-electron chi connectivity index (χ3n) is 5.15. The van der Waals surface area contributed by atoms with Gasteiger partial charge in [-0.05, 0) is 41.8 Å². The van der Waals surface area contributed by atoms with Crippen LogP contribution in [0, 0.1) is 6.92 Å². The fraction of sp³-hybridized carbons (Fsp3) is 0.214. The molecule has 0 aliphatic carbocycles. The van der Waals surface area contributed by atoms with E-state index >= 15 is 0 Å². The Hall–Kier alpha value is -3.70. The highest BCUT2D eigenvalue weighted by Gasteiger charge is 2.15. The third-order valence-corrected chi connectivity index (χ3v) is 5.15. The Morgan fingerprint density at radius 1 is 0.939 bits per heavy atom. The minimum absolute atomic E-state index is 0.0571. The second kappa shape index (κ2) is 12.4. The Balaban J connectivity index is 1.77. The van der Waals surface area contributed by atoms with Crippen molar-refractivity contribution in [1.29, 1.82) is 0 Å². The van der Waals surface area contributed by atoms with Gasteiger partial charge in [0.15, 0.2) is 0 Å². The standard InChI is InChI=1S/C28H30N2O3/c1-22-7-6-10-25(19-22)21-30(28(32)16-13-23-8-4-3-5-9-23)26-14-11-24(12-15-26)20-27(31)29-17-18-33-2/h3-16,19H,17-18,20-21H2,1-2H3,(H,29,31)/b16-13+. The molecule has 5 heteroatoms. The normalized spacial score (nSPS) is 10.8. The van der Waals surface area contributed by atoms with Crippen molar-refractivity contribution in [3.63, 3.8) is 0 Å². The first-order valence-corrected chi connectivity index (χ1v) is 11.0. The molecule has 0 spiro atoms. The number of ether oxygens (including phenoxy) is 1. The number of amides is 2. The minimum atomic E-state index is -0.106. The van der Waals surface area contributed by atoms with Gasteiger partial charge in [0.1, 0.15) is 0 Å². The van der Waals surface area contributed by atoms with E-state index in [0.717, 1.165) is 27.9 Å². The van der Waals surface area contributed by atoms with E-state index in [1.807, 2.05) is 85.8 Å². The lowest BCUT2D eigenvalue weighted by molar-refractivity contribution is -0.120. The molecule has 0 fully saturated rings. The average Bonchev–Trinajstić information content (AvgIpc) is 2.82. The average molecular weight is 443 g/mol. The van der Waals surface area contributed by atoms with Gasteiger partial charge < -0.3 is 15.0 Å². The quantitative estimate of drug-likeness (QED) is 0.370. The van der Waals surface area contributed by atoms with Gasteiger partial charge in [-0.15, -0.1) is 0 Å². The van der Waals surface area contributed by atoms with E-state index in [1.54, 1.807) is 18.1 Å². The lowest BCUT2D eigenvalue weighted by Gasteiger charge is -2.22. The number of methoxy groups -OCH3 is 1. The van der Waals surface area contributed by atoms with Crippen molar-refractivity contribution in [1.82, 2.24) is 5.32 Å². The molecule has 3 aromatic rings. The summed E-state index contributed by atoms with van der Waals surface area (Å²) in [6.45, 7) is 3.46. The summed E-state index contributed by atoms with van der Waals surface area (Å²) in [5.74, 6) is -0.163. The molecule has 1 N–H and O–H groups in total. The van der Waals surface area contributed by atoms with Crippen LogP contribution in [0.15, 0.2) is 84.9 Å². The Labute approximate surface area is 195 Å². The zero-order chi connectivity index (χ0) is 23.5. The van der Waals surface area contributed by atoms with Crippen molar-refractivity contribution in [2.75, 3.05) is 25.2 Å². The maximum atomic E-state index is 13.2. The first-order valence-electron chi connectivity index (χ1n) is 11.0. The first kappa shape index (κ1) is 24.0. The Morgan fingerprint density at radius 3 is 2.39 bits per heavy atom. The summed E-state index contributed by atoms with van der Waals surface area (Å²) in [4.78, 5) is 27.0. The molecule has 3 rings (SSSR count). The van der Waals surface area contributed by atoms with E-state index in [0.29, 0.717) is 19.7 Å². The highest BCUT2D eigenvalue weighted by atomic mass is 16.5. The molecular formula is C28H30N2O3. The highest BCUT2D eigenvalue weighted by molar-refractivity contribution is 6.03. The van der Waals surface area contributed by atoms with Crippen LogP contribution in [0.3, 0.4) is 0 Å². The van der Waals surface area contributed by atoms with Crippen molar-refractivity contribution in [2.45, 2.75) is 19.9 Å². The molecule has 0 unspecified atom stereocenters. The van der Waals surface area contributed by atoms with Gasteiger partial charge in [0.25, 0.3) is 5.91 Å². The lowest BCUT2D eigenvalue weighted by Crippen LogP contribution is -2.29. The smallest absolute Gasteiger partial charge is 0.251 e. The predicted octanol–water partition coefficient (Wildman–Crippen LogP) is 4.55. The number of hydrogen-bond donors (Lipinski definition) is 1. The fourth-order valence-corrected chi connectivity index (χ4v) is 3.45. The minimum Gasteiger partial charge on any atom is -0.383 e. The van der Waals surface area contributed by atoms with Crippen LogP contribution in [0.5, 0.6) is 0 Å². The van der Waals surface area contributed by atoms with Crippen LogP contribution in [-0.4, -0.2) is 32.1 Å². The van der Waals surface area contributed by atoms with Crippen LogP contribution in [0.2, 0.25) is 0 Å². The zero-order valence-corrected chi connectivity index (χ0v) is 19.2. The van der Waals surface area contributed by atoms with Gasteiger partial charge in [0.2, 0.25) is 5.91 Å². The molecule has 2 amide bonds. The fourth-order valence-electron chi connectivity index (χ4n) is 3.45. The lowest BCUT2D eigenvalue weighted by atomic mass is 10.1. The van der Waals surface area contributed by atoms with Crippen molar-refractivity contribution in [3.05, 3.63) is 107 Å². The van der Waals surface area contributed by atoms with E-state index in [2.05, 4.69) is 11.4 Å². The predicted molar refractivity (Wildman–Crippen MR) is 133 cm³/mol. The van der Waals surface area contributed by atoms with Gasteiger partial charge >= 0.3 is 0 Å². The van der Waals surface area contributed by atoms with Crippen LogP contribution >= 0.6 is 0 Å². The van der Waals surface area contributed by atoms with Gasteiger partial charge in [-0.2, -0.15) is 0 Å². The molecule has 5 nitrogen and oxygen atoms in total. The molecule has 0 heterocycles. The van der Waals surface area contributed by atoms with E-state index in [1.165, 1.54) is 0 Å². The topological polar surface area (TPSA) is 58.6 Å². The van der Waals surface area contributed by atoms with Gasteiger partial charge in [0, 0.05) is 25.4 Å². The maximum absolute atomic E-state index is 13.2. The van der Waals surface area contributed by atoms with Crippen LogP contribution < -0.4 is 10.2 Å². The summed E-state index contributed by atoms with van der Waals surface area (Å²) in [7, 11) is 1.60. The van der Waals surface area contributed by atoms with Crippen molar-refractivity contribution in [3.8, 4) is 0 Å². The van der Waals surface area contributed by atoms with Crippen molar-refractivity contribution in [2.24, 2.45) is 0 Å². The van der Waals surface area contributed by atoms with Crippen LogP contribution in [0.4, 0.5) is 5.69 Å². The molecule has 33 heavy (non-hydrogen) atoms. The Morgan fingerprint density at radius 2 is 1.70 bits per heavy atom. The summed E-state index contributed by atoms with van der Waals surface area (Å²) in [6.07, 6.45) is 3.70. The van der Waals surface area contributed by atoms with Crippen LogP contribution in [0.25, 0.3) is 6.08 Å². The number of hydrogen-bond acceptors (Lipinski definition) is 3. The van der Waals surface area contributed by atoms with Crippen LogP contribution in [0.1, 0.15) is 22.3 Å². The molecular weight excluding hydrogens is 412 g/mol. The molecule has 0 aliphatic heterocycles. The molecule has 0 aromatic heterocycles. The highest BCUT2D eigenvalue weighted by Crippen LogP contribution is 2.20. The molecule has 0 aliphatic rings. The Kier molecular flexibility index (Phi) is 8.98. The van der Waals surface area contributed by atoms with E-state index < -0.39 is 0 Å². The van der Waals surface area contributed by atoms with E-state index in [-0.39, 0.29) is 18.2 Å². The van der Waals surface area contributed by atoms with Gasteiger partial charge in [-0.1, -0.05) is 72.3 Å². The van der Waals surface area contributed by atoms with Crippen LogP contribution in [-0.2, 0) is 27.3 Å². The van der Waals surface area contributed by atoms with E-state index in [9.17, 15) is 9.59 Å². The molecule has 0 radical (unpaired) electrons. The summed E-state index contributed by atoms with van der Waals surface area (Å²) >= 11 is 0. The largest absolute Gasteiger partial charge is 0.383 e. The summed E-state index contributed by atoms with van der Waals surface area (Å²) in [6, 6.07) is 25.5. The van der Waals surface area contributed by atoms with Gasteiger partial charge in [-0.25, -0.2) is 0 Å². The number of carbonyl (C=O) groups is 2. The number of carbonyl (C=O) groups excluding carboxylic acids is 2. The molecule has 0 saturated carbocycles. The first-order chi connectivity index (χ1) is 16.0. The SMILES string of the molecule is COCCNC(=O)Cc1ccc(N(Cc2cccc(C)c2)C(=O)/C=C/c2ccccc2)cc1. The van der Waals surface area contributed by atoms with E-state index in [4.69, 9.17) is 4.74 Å². The molecule has 3 aromatic carbocycles. The zero-order valence-electron chi connectivity index (χ0n) is 19.2. The number of benzene rings is 3. The Bertz CT molecular complexity index is 1080. The second-order valence-electron chi connectivity index (χ2n) is 7.84. The molecule has 0 atom stereocenters. The number of aryl methyl sites for hydroxylation is 1. The number of anilines is 1. The molecule has 0 saturated heterocycles. The van der Waals surface area contributed by atoms with Gasteiger partial charge in [-0.3, -0.25) is 9.59 Å². The summed E-state index contributed by atoms with van der Waals surface area (Å²) < 4.78 is 4.95. The monoisotopic (exact) mass is 442 g/mol.